The second kappa shape index (κ2) is 11.0. The van der Waals surface area contributed by atoms with Crippen LogP contribution in [-0.4, -0.2) is 79.7 Å². The third-order valence-electron chi connectivity index (χ3n) is 4.42. The van der Waals surface area contributed by atoms with Gasteiger partial charge >= 0.3 is 12.1 Å². The first-order chi connectivity index (χ1) is 15.4. The Morgan fingerprint density at radius 2 is 1.94 bits per heavy atom. The van der Waals surface area contributed by atoms with Crippen molar-refractivity contribution in [2.45, 2.75) is 19.1 Å². The highest BCUT2D eigenvalue weighted by Crippen LogP contribution is 2.19. The van der Waals surface area contributed by atoms with Crippen LogP contribution in [-0.2, 0) is 14.3 Å². The normalized spacial score (nSPS) is 16.7. The van der Waals surface area contributed by atoms with Crippen LogP contribution in [0.5, 0.6) is 0 Å². The number of carbonyl (C=O) groups excluding carboxylic acids is 3. The van der Waals surface area contributed by atoms with Gasteiger partial charge in [0.15, 0.2) is 0 Å². The highest BCUT2D eigenvalue weighted by atomic mass is 32.1. The molecular formula is C19H23F3N6O4S. The lowest BCUT2D eigenvalue weighted by Gasteiger charge is -2.36. The highest BCUT2D eigenvalue weighted by molar-refractivity contribution is 7.16. The van der Waals surface area contributed by atoms with Gasteiger partial charge in [0.25, 0.3) is 11.8 Å². The molecule has 2 heterocycles. The summed E-state index contributed by atoms with van der Waals surface area (Å²) >= 11 is 0.738. The number of hydrogen-bond acceptors (Lipinski definition) is 8. The molecule has 0 aliphatic carbocycles. The SMILES string of the molecule is CN/C(=C\C(C)=N)C(=O)N1CCOCC1CNC(=O)c1ccc(C(=N)NC(=O)C(F)(F)F)s1. The third-order valence-corrected chi connectivity index (χ3v) is 5.52. The fourth-order valence-electron chi connectivity index (χ4n) is 2.84. The summed E-state index contributed by atoms with van der Waals surface area (Å²) in [6, 6.07) is 2.09. The number of alkyl halides is 3. The molecular weight excluding hydrogens is 465 g/mol. The maximum absolute atomic E-state index is 12.8. The fraction of sp³-hybridized carbons (Fsp3) is 0.421. The molecule has 0 bridgehead atoms. The molecule has 2 rings (SSSR count). The molecule has 0 saturated carbocycles. The van der Waals surface area contributed by atoms with E-state index in [0.29, 0.717) is 6.61 Å². The number of halogens is 3. The maximum Gasteiger partial charge on any atom is 0.471 e. The molecule has 33 heavy (non-hydrogen) atoms. The molecule has 0 aromatic carbocycles. The van der Waals surface area contributed by atoms with Crippen molar-refractivity contribution < 1.29 is 32.3 Å². The Labute approximate surface area is 191 Å². The van der Waals surface area contributed by atoms with E-state index in [9.17, 15) is 27.6 Å². The molecule has 0 radical (unpaired) electrons. The van der Waals surface area contributed by atoms with E-state index < -0.39 is 29.9 Å². The zero-order valence-electron chi connectivity index (χ0n) is 17.8. The van der Waals surface area contributed by atoms with Crippen LogP contribution in [0.4, 0.5) is 13.2 Å². The number of hydrogen-bond donors (Lipinski definition) is 5. The van der Waals surface area contributed by atoms with E-state index in [1.54, 1.807) is 7.05 Å². The Morgan fingerprint density at radius 3 is 2.55 bits per heavy atom. The van der Waals surface area contributed by atoms with Gasteiger partial charge in [0, 0.05) is 25.8 Å². The molecule has 1 aromatic rings. The summed E-state index contributed by atoms with van der Waals surface area (Å²) in [6.45, 7) is 2.35. The van der Waals surface area contributed by atoms with Crippen molar-refractivity contribution in [3.63, 3.8) is 0 Å². The Hall–Kier alpha value is -3.26. The number of ether oxygens (including phenoxy) is 1. The smallest absolute Gasteiger partial charge is 0.384 e. The van der Waals surface area contributed by atoms with E-state index in [1.165, 1.54) is 35.3 Å². The number of allylic oxidation sites excluding steroid dienone is 1. The van der Waals surface area contributed by atoms with Gasteiger partial charge in [-0.25, -0.2) is 0 Å². The van der Waals surface area contributed by atoms with Gasteiger partial charge in [0.1, 0.15) is 11.5 Å². The van der Waals surface area contributed by atoms with Crippen LogP contribution in [0.15, 0.2) is 23.9 Å². The third kappa shape index (κ3) is 7.12. The quantitative estimate of drug-likeness (QED) is 0.219. The standard InChI is InChI=1S/C19H23F3N6O4S/c1-10(23)7-12(25-2)17(30)28-5-6-32-9-11(28)8-26-16(29)14-4-3-13(33-14)15(24)27-18(31)19(20,21)22/h3-4,7,11,23,25H,5-6,8-9H2,1-2H3,(H,26,29)(H2,24,27,31)/b12-7-,23-10?. The van der Waals surface area contributed by atoms with Gasteiger partial charge in [0.2, 0.25) is 0 Å². The van der Waals surface area contributed by atoms with Gasteiger partial charge in [0.05, 0.1) is 29.0 Å². The molecule has 180 valence electrons. The van der Waals surface area contributed by atoms with E-state index in [2.05, 4.69) is 10.6 Å². The Balaban J connectivity index is 2.01. The van der Waals surface area contributed by atoms with Crippen LogP contribution in [0.3, 0.4) is 0 Å². The van der Waals surface area contributed by atoms with E-state index >= 15 is 0 Å². The molecule has 1 aliphatic heterocycles. The van der Waals surface area contributed by atoms with Crippen LogP contribution in [0.2, 0.25) is 0 Å². The molecule has 14 heteroatoms. The molecule has 1 atom stereocenters. The molecule has 5 N–H and O–H groups in total. The number of amidine groups is 1. The predicted octanol–water partition coefficient (Wildman–Crippen LogP) is 0.852. The molecule has 1 aromatic heterocycles. The van der Waals surface area contributed by atoms with Gasteiger partial charge in [-0.3, -0.25) is 19.8 Å². The number of amides is 3. The van der Waals surface area contributed by atoms with Gasteiger partial charge in [-0.05, 0) is 25.1 Å². The summed E-state index contributed by atoms with van der Waals surface area (Å²) in [7, 11) is 1.56. The van der Waals surface area contributed by atoms with Crippen molar-refractivity contribution >= 4 is 40.6 Å². The topological polar surface area (TPSA) is 147 Å². The minimum atomic E-state index is -5.13. The van der Waals surface area contributed by atoms with Crippen LogP contribution < -0.4 is 16.0 Å². The molecule has 10 nitrogen and oxygen atoms in total. The molecule has 0 spiro atoms. The maximum atomic E-state index is 12.8. The van der Waals surface area contributed by atoms with Gasteiger partial charge in [-0.15, -0.1) is 11.3 Å². The molecule has 1 unspecified atom stereocenters. The second-order valence-electron chi connectivity index (χ2n) is 6.92. The molecule has 1 saturated heterocycles. The Kier molecular flexibility index (Phi) is 8.70. The number of morpholine rings is 1. The van der Waals surface area contributed by atoms with Crippen LogP contribution in [0, 0.1) is 10.8 Å². The molecule has 1 aliphatic rings. The average molecular weight is 488 g/mol. The first-order valence-electron chi connectivity index (χ1n) is 9.62. The number of nitrogens with zero attached hydrogens (tertiary/aromatic N) is 1. The summed E-state index contributed by atoms with van der Waals surface area (Å²) < 4.78 is 42.4. The summed E-state index contributed by atoms with van der Waals surface area (Å²) in [5.74, 6) is -3.95. The zero-order valence-corrected chi connectivity index (χ0v) is 18.6. The van der Waals surface area contributed by atoms with Crippen LogP contribution in [0.25, 0.3) is 0 Å². The minimum absolute atomic E-state index is 0.0265. The summed E-state index contributed by atoms with van der Waals surface area (Å²) in [5, 5.41) is 22.0. The van der Waals surface area contributed by atoms with E-state index in [4.69, 9.17) is 15.6 Å². The predicted molar refractivity (Wildman–Crippen MR) is 115 cm³/mol. The Bertz CT molecular complexity index is 975. The van der Waals surface area contributed by atoms with E-state index in [0.717, 1.165) is 11.3 Å². The number of nitrogens with one attached hydrogen (secondary N) is 5. The number of carbonyl (C=O) groups is 3. The minimum Gasteiger partial charge on any atom is -0.384 e. The van der Waals surface area contributed by atoms with Gasteiger partial charge < -0.3 is 31.0 Å². The van der Waals surface area contributed by atoms with Crippen molar-refractivity contribution in [2.24, 2.45) is 0 Å². The monoisotopic (exact) mass is 488 g/mol. The number of thiophene rings is 1. The number of likely N-dealkylation sites (N-methyl/N-ethyl adjacent to an activating group) is 1. The van der Waals surface area contributed by atoms with Crippen molar-refractivity contribution in [3.8, 4) is 0 Å². The van der Waals surface area contributed by atoms with Crippen molar-refractivity contribution in [3.05, 3.63) is 33.7 Å². The zero-order chi connectivity index (χ0) is 24.8. The Morgan fingerprint density at radius 1 is 1.27 bits per heavy atom. The largest absolute Gasteiger partial charge is 0.471 e. The van der Waals surface area contributed by atoms with Crippen molar-refractivity contribution in [2.75, 3.05) is 33.4 Å². The summed E-state index contributed by atoms with van der Waals surface area (Å²) in [4.78, 5) is 37.9. The van der Waals surface area contributed by atoms with E-state index in [-0.39, 0.29) is 46.8 Å². The summed E-state index contributed by atoms with van der Waals surface area (Å²) in [6.07, 6.45) is -3.73. The van der Waals surface area contributed by atoms with Crippen LogP contribution in [0.1, 0.15) is 21.5 Å². The number of rotatable bonds is 7. The second-order valence-corrected chi connectivity index (χ2v) is 8.00. The van der Waals surface area contributed by atoms with Crippen molar-refractivity contribution in [1.29, 1.82) is 10.8 Å². The first-order valence-corrected chi connectivity index (χ1v) is 10.4. The highest BCUT2D eigenvalue weighted by Gasteiger charge is 2.39. The fourth-order valence-corrected chi connectivity index (χ4v) is 3.67. The van der Waals surface area contributed by atoms with Gasteiger partial charge in [-0.2, -0.15) is 13.2 Å². The van der Waals surface area contributed by atoms with E-state index in [1.807, 2.05) is 0 Å². The van der Waals surface area contributed by atoms with Gasteiger partial charge in [-0.1, -0.05) is 0 Å². The lowest BCUT2D eigenvalue weighted by molar-refractivity contribution is -0.171. The lowest BCUT2D eigenvalue weighted by Crippen LogP contribution is -2.54. The van der Waals surface area contributed by atoms with Crippen molar-refractivity contribution in [1.82, 2.24) is 20.9 Å². The average Bonchev–Trinajstić information content (AvgIpc) is 3.25. The first kappa shape index (κ1) is 26.0. The lowest BCUT2D eigenvalue weighted by atomic mass is 10.2. The van der Waals surface area contributed by atoms with Crippen LogP contribution >= 0.6 is 11.3 Å². The molecule has 3 amide bonds. The summed E-state index contributed by atoms with van der Waals surface area (Å²) in [5.41, 5.74) is 0.416. The molecule has 1 fully saturated rings.